The summed E-state index contributed by atoms with van der Waals surface area (Å²) in [5.41, 5.74) is 0.972. The molecule has 8 nitrogen and oxygen atoms in total. The maximum Gasteiger partial charge on any atom is 0.573 e. The number of nitrogens with zero attached hydrogens (tertiary/aromatic N) is 4. The Hall–Kier alpha value is -3.56. The molecule has 2 aromatic carbocycles. The molecule has 0 spiro atoms. The lowest BCUT2D eigenvalue weighted by molar-refractivity contribution is -0.274. The summed E-state index contributed by atoms with van der Waals surface area (Å²) >= 11 is 0. The van der Waals surface area contributed by atoms with Gasteiger partial charge in [0.1, 0.15) is 11.8 Å². The van der Waals surface area contributed by atoms with Gasteiger partial charge in [-0.1, -0.05) is 30.3 Å². The number of ether oxygens (including phenoxy) is 1. The number of anilines is 1. The van der Waals surface area contributed by atoms with Gasteiger partial charge in [0.25, 0.3) is 10.0 Å². The highest BCUT2D eigenvalue weighted by Gasteiger charge is 2.41. The first-order valence-electron chi connectivity index (χ1n) is 10.2. The predicted molar refractivity (Wildman–Crippen MR) is 116 cm³/mol. The lowest BCUT2D eigenvalue weighted by Gasteiger charge is -2.22. The van der Waals surface area contributed by atoms with Gasteiger partial charge in [-0.15, -0.1) is 13.2 Å². The molecular weight excluding hydrogens is 471 g/mol. The minimum Gasteiger partial charge on any atom is -0.404 e. The molecule has 2 heterocycles. The van der Waals surface area contributed by atoms with Crippen molar-refractivity contribution < 1.29 is 26.3 Å². The van der Waals surface area contributed by atoms with Crippen LogP contribution in [0.25, 0.3) is 0 Å². The summed E-state index contributed by atoms with van der Waals surface area (Å²) in [5, 5.41) is 12.4. The fourth-order valence-electron chi connectivity index (χ4n) is 3.94. The average molecular weight is 491 g/mol. The molecule has 1 fully saturated rings. The van der Waals surface area contributed by atoms with Gasteiger partial charge in [0.15, 0.2) is 5.03 Å². The summed E-state index contributed by atoms with van der Waals surface area (Å²) in [6, 6.07) is 14.3. The van der Waals surface area contributed by atoms with Crippen LogP contribution in [-0.4, -0.2) is 47.8 Å². The van der Waals surface area contributed by atoms with E-state index in [2.05, 4.69) is 15.0 Å². The maximum atomic E-state index is 13.2. The highest BCUT2D eigenvalue weighted by molar-refractivity contribution is 7.89. The van der Waals surface area contributed by atoms with Crippen molar-refractivity contribution in [3.63, 3.8) is 0 Å². The molecule has 1 saturated heterocycles. The third kappa shape index (κ3) is 5.00. The van der Waals surface area contributed by atoms with Crippen molar-refractivity contribution in [1.82, 2.24) is 13.9 Å². The number of aromatic nitrogens is 2. The fraction of sp³-hybridized carbons (Fsp3) is 0.273. The van der Waals surface area contributed by atoms with Crippen molar-refractivity contribution in [2.75, 3.05) is 18.4 Å². The van der Waals surface area contributed by atoms with Gasteiger partial charge in [0, 0.05) is 44.0 Å². The first kappa shape index (κ1) is 23.6. The van der Waals surface area contributed by atoms with Gasteiger partial charge < -0.3 is 14.6 Å². The summed E-state index contributed by atoms with van der Waals surface area (Å²) in [5.74, 6) is -0.859. The summed E-state index contributed by atoms with van der Waals surface area (Å²) in [7, 11) is -2.19. The van der Waals surface area contributed by atoms with Crippen LogP contribution < -0.4 is 10.1 Å². The van der Waals surface area contributed by atoms with Crippen LogP contribution in [0.3, 0.4) is 0 Å². The zero-order valence-corrected chi connectivity index (χ0v) is 18.7. The van der Waals surface area contributed by atoms with E-state index in [-0.39, 0.29) is 29.6 Å². The zero-order valence-electron chi connectivity index (χ0n) is 17.9. The van der Waals surface area contributed by atoms with Crippen LogP contribution in [0, 0.1) is 11.3 Å². The van der Waals surface area contributed by atoms with Crippen molar-refractivity contribution >= 4 is 15.7 Å². The van der Waals surface area contributed by atoms with Crippen molar-refractivity contribution in [2.45, 2.75) is 23.3 Å². The second kappa shape index (κ2) is 9.00. The van der Waals surface area contributed by atoms with E-state index < -0.39 is 28.2 Å². The first-order valence-corrected chi connectivity index (χ1v) is 11.6. The number of sulfonamides is 1. The average Bonchev–Trinajstić information content (AvgIpc) is 3.42. The fourth-order valence-corrected chi connectivity index (χ4v) is 5.40. The van der Waals surface area contributed by atoms with E-state index in [9.17, 15) is 26.9 Å². The number of alkyl halides is 3. The summed E-state index contributed by atoms with van der Waals surface area (Å²) < 4.78 is 70.9. The normalized spacial score (nSPS) is 19.0. The monoisotopic (exact) mass is 491 g/mol. The molecule has 1 aliphatic heterocycles. The van der Waals surface area contributed by atoms with E-state index in [4.69, 9.17) is 0 Å². The second-order valence-electron chi connectivity index (χ2n) is 7.84. The third-order valence-corrected chi connectivity index (χ3v) is 7.19. The molecule has 0 aliphatic carbocycles. The lowest BCUT2D eigenvalue weighted by atomic mass is 9.94. The van der Waals surface area contributed by atoms with Crippen LogP contribution in [0.5, 0.6) is 5.75 Å². The van der Waals surface area contributed by atoms with E-state index in [1.165, 1.54) is 29.0 Å². The Labute approximate surface area is 194 Å². The summed E-state index contributed by atoms with van der Waals surface area (Å²) in [4.78, 5) is 3.97. The molecule has 0 radical (unpaired) electrons. The van der Waals surface area contributed by atoms with E-state index in [1.54, 1.807) is 17.7 Å². The lowest BCUT2D eigenvalue weighted by Crippen LogP contribution is -2.32. The number of nitrogens with one attached hydrogen (secondary N) is 1. The smallest absolute Gasteiger partial charge is 0.404 e. The van der Waals surface area contributed by atoms with Crippen LogP contribution in [0.15, 0.2) is 66.1 Å². The molecule has 2 unspecified atom stereocenters. The van der Waals surface area contributed by atoms with Gasteiger partial charge in [-0.3, -0.25) is 0 Å². The molecule has 4 rings (SSSR count). The Morgan fingerprint density at radius 2 is 1.91 bits per heavy atom. The standard InChI is InChI=1S/C22H20F3N5O3S/c1-29-13-21(27-14-29)34(31,32)30-11-18(15-5-3-2-4-6-15)19(12-30)28-17-7-8-20(16(9-17)10-26)33-22(23,24)25/h2-9,13-14,18-19,28H,11-12H2,1H3. The topological polar surface area (TPSA) is 100 Å². The molecule has 3 aromatic rings. The molecule has 1 aromatic heterocycles. The zero-order chi connectivity index (χ0) is 24.5. The minimum absolute atomic E-state index is 0.0668. The van der Waals surface area contributed by atoms with E-state index in [0.717, 1.165) is 11.6 Å². The molecule has 1 aliphatic rings. The number of aryl methyl sites for hydroxylation is 1. The van der Waals surface area contributed by atoms with Gasteiger partial charge in [0.2, 0.25) is 0 Å². The highest BCUT2D eigenvalue weighted by Crippen LogP contribution is 2.34. The molecular formula is C22H20F3N5O3S. The molecule has 178 valence electrons. The van der Waals surface area contributed by atoms with Crippen LogP contribution in [0.4, 0.5) is 18.9 Å². The number of hydrogen-bond acceptors (Lipinski definition) is 6. The quantitative estimate of drug-likeness (QED) is 0.567. The Kier molecular flexibility index (Phi) is 6.24. The van der Waals surface area contributed by atoms with Crippen molar-refractivity contribution in [3.05, 3.63) is 72.2 Å². The third-order valence-electron chi connectivity index (χ3n) is 5.48. The Morgan fingerprint density at radius 3 is 2.53 bits per heavy atom. The van der Waals surface area contributed by atoms with Crippen molar-refractivity contribution in [1.29, 1.82) is 5.26 Å². The number of imidazole rings is 1. The summed E-state index contributed by atoms with van der Waals surface area (Å²) in [6.45, 7) is 0.280. The number of hydrogen-bond donors (Lipinski definition) is 1. The van der Waals surface area contributed by atoms with Gasteiger partial charge in [-0.2, -0.15) is 9.57 Å². The van der Waals surface area contributed by atoms with Crippen LogP contribution in [0.2, 0.25) is 0 Å². The number of benzene rings is 2. The first-order chi connectivity index (χ1) is 16.1. The Bertz CT molecular complexity index is 1320. The van der Waals surface area contributed by atoms with Gasteiger partial charge >= 0.3 is 6.36 Å². The summed E-state index contributed by atoms with van der Waals surface area (Å²) in [6.07, 6.45) is -2.10. The largest absolute Gasteiger partial charge is 0.573 e. The number of halogens is 3. The molecule has 0 amide bonds. The maximum absolute atomic E-state index is 13.2. The molecule has 1 N–H and O–H groups in total. The predicted octanol–water partition coefficient (Wildman–Crippen LogP) is 3.46. The molecule has 34 heavy (non-hydrogen) atoms. The van der Waals surface area contributed by atoms with Gasteiger partial charge in [-0.25, -0.2) is 13.4 Å². The Morgan fingerprint density at radius 1 is 1.18 bits per heavy atom. The number of rotatable bonds is 6. The van der Waals surface area contributed by atoms with E-state index >= 15 is 0 Å². The van der Waals surface area contributed by atoms with Gasteiger partial charge in [-0.05, 0) is 23.8 Å². The van der Waals surface area contributed by atoms with Gasteiger partial charge in [0.05, 0.1) is 11.9 Å². The van der Waals surface area contributed by atoms with Crippen LogP contribution in [0.1, 0.15) is 17.0 Å². The van der Waals surface area contributed by atoms with E-state index in [1.807, 2.05) is 30.3 Å². The highest BCUT2D eigenvalue weighted by atomic mass is 32.2. The second-order valence-corrected chi connectivity index (χ2v) is 9.72. The van der Waals surface area contributed by atoms with Crippen LogP contribution >= 0.6 is 0 Å². The SMILES string of the molecule is Cn1cnc(S(=O)(=O)N2CC(Nc3ccc(OC(F)(F)F)c(C#N)c3)C(c3ccccc3)C2)c1. The molecule has 0 saturated carbocycles. The van der Waals surface area contributed by atoms with Crippen molar-refractivity contribution in [3.8, 4) is 11.8 Å². The van der Waals surface area contributed by atoms with Crippen molar-refractivity contribution in [2.24, 2.45) is 7.05 Å². The molecule has 12 heteroatoms. The number of nitriles is 1. The minimum atomic E-state index is -4.93. The van der Waals surface area contributed by atoms with E-state index in [0.29, 0.717) is 5.69 Å². The molecule has 2 atom stereocenters. The molecule has 0 bridgehead atoms. The van der Waals surface area contributed by atoms with Crippen LogP contribution in [-0.2, 0) is 17.1 Å². The Balaban J connectivity index is 1.63.